The van der Waals surface area contributed by atoms with Gasteiger partial charge in [0.2, 0.25) is 11.8 Å². The molecule has 0 radical (unpaired) electrons. The molecule has 3 rings (SSSR count). The Labute approximate surface area is 137 Å². The summed E-state index contributed by atoms with van der Waals surface area (Å²) in [5.74, 6) is 0.713. The second-order valence-electron chi connectivity index (χ2n) is 6.62. The summed E-state index contributed by atoms with van der Waals surface area (Å²) < 4.78 is 0. The predicted molar refractivity (Wildman–Crippen MR) is 87.4 cm³/mol. The quantitative estimate of drug-likeness (QED) is 0.907. The van der Waals surface area contributed by atoms with E-state index in [2.05, 4.69) is 17.2 Å². The Hall–Kier alpha value is -1.91. The highest BCUT2D eigenvalue weighted by molar-refractivity contribution is 5.82. The molecule has 23 heavy (non-hydrogen) atoms. The fourth-order valence-corrected chi connectivity index (χ4v) is 3.26. The van der Waals surface area contributed by atoms with Gasteiger partial charge in [0.25, 0.3) is 0 Å². The van der Waals surface area contributed by atoms with Crippen molar-refractivity contribution in [2.24, 2.45) is 11.8 Å². The summed E-state index contributed by atoms with van der Waals surface area (Å²) in [6.45, 7) is 3.52. The van der Waals surface area contributed by atoms with E-state index in [1.54, 1.807) is 12.4 Å². The van der Waals surface area contributed by atoms with Gasteiger partial charge in [0.15, 0.2) is 0 Å². The Bertz CT molecular complexity index is 549. The number of hydrogen-bond acceptors (Lipinski definition) is 3. The van der Waals surface area contributed by atoms with Crippen molar-refractivity contribution in [3.8, 4) is 0 Å². The highest BCUT2D eigenvalue weighted by Crippen LogP contribution is 2.32. The lowest BCUT2D eigenvalue weighted by Crippen LogP contribution is -2.44. The largest absolute Gasteiger partial charge is 0.349 e. The van der Waals surface area contributed by atoms with Crippen molar-refractivity contribution < 1.29 is 9.59 Å². The molecule has 1 saturated heterocycles. The first-order chi connectivity index (χ1) is 11.2. The zero-order valence-corrected chi connectivity index (χ0v) is 13.7. The Morgan fingerprint density at radius 1 is 1.17 bits per heavy atom. The molecule has 1 atom stereocenters. The molecule has 1 aliphatic heterocycles. The summed E-state index contributed by atoms with van der Waals surface area (Å²) >= 11 is 0. The smallest absolute Gasteiger partial charge is 0.225 e. The number of aromatic nitrogens is 1. The van der Waals surface area contributed by atoms with Gasteiger partial charge < -0.3 is 10.2 Å². The fourth-order valence-electron chi connectivity index (χ4n) is 3.26. The van der Waals surface area contributed by atoms with Crippen LogP contribution in [-0.4, -0.2) is 34.8 Å². The van der Waals surface area contributed by atoms with Gasteiger partial charge in [-0.2, -0.15) is 0 Å². The van der Waals surface area contributed by atoms with Gasteiger partial charge in [0, 0.05) is 37.3 Å². The lowest BCUT2D eigenvalue weighted by molar-refractivity contribution is -0.136. The second kappa shape index (κ2) is 7.11. The number of amides is 2. The molecule has 1 saturated carbocycles. The van der Waals surface area contributed by atoms with E-state index in [1.807, 2.05) is 17.0 Å². The van der Waals surface area contributed by atoms with Crippen LogP contribution in [0.4, 0.5) is 0 Å². The molecule has 124 valence electrons. The molecule has 1 aromatic rings. The molecule has 2 amide bonds. The Morgan fingerprint density at radius 2 is 1.83 bits per heavy atom. The van der Waals surface area contributed by atoms with Crippen LogP contribution in [0.5, 0.6) is 0 Å². The average molecular weight is 315 g/mol. The van der Waals surface area contributed by atoms with Gasteiger partial charge in [0.1, 0.15) is 0 Å². The summed E-state index contributed by atoms with van der Waals surface area (Å²) in [5, 5.41) is 3.16. The van der Waals surface area contributed by atoms with E-state index >= 15 is 0 Å². The molecule has 1 aromatic heterocycles. The van der Waals surface area contributed by atoms with Crippen LogP contribution in [0, 0.1) is 11.8 Å². The minimum absolute atomic E-state index is 0.0224. The number of nitrogens with one attached hydrogen (secondary N) is 1. The van der Waals surface area contributed by atoms with Crippen molar-refractivity contribution in [2.75, 3.05) is 13.1 Å². The summed E-state index contributed by atoms with van der Waals surface area (Å²) in [7, 11) is 0. The number of rotatable bonds is 5. The predicted octanol–water partition coefficient (Wildman–Crippen LogP) is 2.30. The second-order valence-corrected chi connectivity index (χ2v) is 6.62. The SMILES string of the molecule is CC[C@@H](NC(=O)C1CCN(C(=O)C2CC2)CC1)c1ccncc1. The summed E-state index contributed by atoms with van der Waals surface area (Å²) in [6.07, 6.45) is 8.01. The molecule has 5 heteroatoms. The zero-order chi connectivity index (χ0) is 16.2. The zero-order valence-electron chi connectivity index (χ0n) is 13.7. The lowest BCUT2D eigenvalue weighted by atomic mass is 9.94. The summed E-state index contributed by atoms with van der Waals surface area (Å²) in [6, 6.07) is 3.94. The average Bonchev–Trinajstić information content (AvgIpc) is 3.45. The van der Waals surface area contributed by atoms with Crippen LogP contribution in [0.15, 0.2) is 24.5 Å². The van der Waals surface area contributed by atoms with Gasteiger partial charge >= 0.3 is 0 Å². The number of nitrogens with zero attached hydrogens (tertiary/aromatic N) is 2. The van der Waals surface area contributed by atoms with Gasteiger partial charge in [-0.3, -0.25) is 14.6 Å². The number of hydrogen-bond donors (Lipinski definition) is 1. The summed E-state index contributed by atoms with van der Waals surface area (Å²) in [5.41, 5.74) is 1.09. The molecule has 2 heterocycles. The third-order valence-corrected chi connectivity index (χ3v) is 4.94. The van der Waals surface area contributed by atoms with Crippen molar-refractivity contribution in [2.45, 2.75) is 45.1 Å². The molecule has 0 aromatic carbocycles. The topological polar surface area (TPSA) is 62.3 Å². The fraction of sp³-hybridized carbons (Fsp3) is 0.611. The maximum Gasteiger partial charge on any atom is 0.225 e. The van der Waals surface area contributed by atoms with Crippen LogP contribution < -0.4 is 5.32 Å². The maximum atomic E-state index is 12.5. The third-order valence-electron chi connectivity index (χ3n) is 4.94. The molecule has 1 aliphatic carbocycles. The van der Waals surface area contributed by atoms with Crippen molar-refractivity contribution in [3.05, 3.63) is 30.1 Å². The van der Waals surface area contributed by atoms with Crippen LogP contribution in [-0.2, 0) is 9.59 Å². The number of likely N-dealkylation sites (tertiary alicyclic amines) is 1. The number of piperidine rings is 1. The molecule has 1 N–H and O–H groups in total. The molecular weight excluding hydrogens is 290 g/mol. The number of pyridine rings is 1. The van der Waals surface area contributed by atoms with Crippen molar-refractivity contribution in [1.82, 2.24) is 15.2 Å². The van der Waals surface area contributed by atoms with Gasteiger partial charge in [-0.25, -0.2) is 0 Å². The Morgan fingerprint density at radius 3 is 2.39 bits per heavy atom. The lowest BCUT2D eigenvalue weighted by Gasteiger charge is -2.32. The first-order valence-corrected chi connectivity index (χ1v) is 8.68. The van der Waals surface area contributed by atoms with E-state index in [9.17, 15) is 9.59 Å². The van der Waals surface area contributed by atoms with Crippen LogP contribution in [0.2, 0.25) is 0 Å². The third kappa shape index (κ3) is 3.89. The van der Waals surface area contributed by atoms with E-state index in [1.165, 1.54) is 0 Å². The maximum absolute atomic E-state index is 12.5. The molecular formula is C18H25N3O2. The van der Waals surface area contributed by atoms with Crippen LogP contribution in [0.3, 0.4) is 0 Å². The normalized spacial score (nSPS) is 20.1. The number of carbonyl (C=O) groups excluding carboxylic acids is 2. The molecule has 2 aliphatic rings. The van der Waals surface area contributed by atoms with E-state index in [0.29, 0.717) is 5.91 Å². The molecule has 5 nitrogen and oxygen atoms in total. The molecule has 0 unspecified atom stereocenters. The number of carbonyl (C=O) groups is 2. The van der Waals surface area contributed by atoms with Gasteiger partial charge in [-0.05, 0) is 49.8 Å². The van der Waals surface area contributed by atoms with E-state index < -0.39 is 0 Å². The van der Waals surface area contributed by atoms with Crippen LogP contribution in [0.25, 0.3) is 0 Å². The van der Waals surface area contributed by atoms with Crippen LogP contribution in [0.1, 0.15) is 50.6 Å². The first kappa shape index (κ1) is 16.0. The van der Waals surface area contributed by atoms with E-state index in [4.69, 9.17) is 0 Å². The van der Waals surface area contributed by atoms with Crippen molar-refractivity contribution >= 4 is 11.8 Å². The highest BCUT2D eigenvalue weighted by Gasteiger charge is 2.36. The van der Waals surface area contributed by atoms with E-state index in [-0.39, 0.29) is 23.8 Å². The minimum atomic E-state index is 0.0224. The van der Waals surface area contributed by atoms with E-state index in [0.717, 1.165) is 50.8 Å². The molecule has 0 spiro atoms. The standard InChI is InChI=1S/C18H25N3O2/c1-2-16(13-5-9-19-10-6-13)20-17(22)14-7-11-21(12-8-14)18(23)15-3-4-15/h5-6,9-10,14-16H,2-4,7-8,11-12H2,1H3,(H,20,22)/t16-/m1/s1. The molecule has 0 bridgehead atoms. The van der Waals surface area contributed by atoms with Crippen LogP contribution >= 0.6 is 0 Å². The Balaban J connectivity index is 1.51. The monoisotopic (exact) mass is 315 g/mol. The van der Waals surface area contributed by atoms with Crippen molar-refractivity contribution in [1.29, 1.82) is 0 Å². The molecule has 2 fully saturated rings. The Kier molecular flexibility index (Phi) is 4.94. The van der Waals surface area contributed by atoms with Gasteiger partial charge in [-0.15, -0.1) is 0 Å². The first-order valence-electron chi connectivity index (χ1n) is 8.68. The minimum Gasteiger partial charge on any atom is -0.349 e. The van der Waals surface area contributed by atoms with Crippen molar-refractivity contribution in [3.63, 3.8) is 0 Å². The highest BCUT2D eigenvalue weighted by atomic mass is 16.2. The summed E-state index contributed by atoms with van der Waals surface area (Å²) in [4.78, 5) is 30.6. The van der Waals surface area contributed by atoms with Gasteiger partial charge in [0.05, 0.1) is 6.04 Å². The van der Waals surface area contributed by atoms with Gasteiger partial charge in [-0.1, -0.05) is 6.92 Å².